The van der Waals surface area contributed by atoms with Gasteiger partial charge in [-0.2, -0.15) is 0 Å². The predicted molar refractivity (Wildman–Crippen MR) is 63.0 cm³/mol. The van der Waals surface area contributed by atoms with E-state index in [1.54, 1.807) is 18.0 Å². The number of rotatable bonds is 4. The first kappa shape index (κ1) is 12.2. The van der Waals surface area contributed by atoms with E-state index in [2.05, 4.69) is 15.3 Å². The lowest BCUT2D eigenvalue weighted by molar-refractivity contribution is -0.120. The fourth-order valence-corrected chi connectivity index (χ4v) is 1.23. The minimum Gasteiger partial charge on any atom is -0.384 e. The van der Waals surface area contributed by atoms with Crippen LogP contribution in [0.5, 0.6) is 0 Å². The average Bonchev–Trinajstić information content (AvgIpc) is 2.16. The number of carbonyl (C=O) groups is 1. The van der Waals surface area contributed by atoms with Gasteiger partial charge in [0.25, 0.3) is 0 Å². The predicted octanol–water partition coefficient (Wildman–Crippen LogP) is 0.0196. The summed E-state index contributed by atoms with van der Waals surface area (Å²) in [4.78, 5) is 21.0. The molecule has 0 aromatic carbocycles. The number of nitrogen functional groups attached to an aromatic ring is 1. The van der Waals surface area contributed by atoms with Crippen LogP contribution in [-0.2, 0) is 4.79 Å². The molecule has 1 heterocycles. The first-order chi connectivity index (χ1) is 7.49. The number of hydrogen-bond acceptors (Lipinski definition) is 5. The van der Waals surface area contributed by atoms with Crippen LogP contribution in [0.4, 0.5) is 11.6 Å². The van der Waals surface area contributed by atoms with Crippen molar-refractivity contribution in [1.29, 1.82) is 0 Å². The summed E-state index contributed by atoms with van der Waals surface area (Å²) >= 11 is 0. The Bertz CT molecular complexity index is 366. The van der Waals surface area contributed by atoms with Crippen molar-refractivity contribution in [2.24, 2.45) is 0 Å². The van der Waals surface area contributed by atoms with Crippen molar-refractivity contribution in [3.8, 4) is 0 Å². The summed E-state index contributed by atoms with van der Waals surface area (Å²) in [5, 5.41) is 2.80. The molecule has 0 unspecified atom stereocenters. The molecule has 6 nitrogen and oxygen atoms in total. The molecule has 0 aliphatic carbocycles. The van der Waals surface area contributed by atoms with Crippen LogP contribution in [0.2, 0.25) is 0 Å². The fourth-order valence-electron chi connectivity index (χ4n) is 1.23. The van der Waals surface area contributed by atoms with Crippen molar-refractivity contribution >= 4 is 17.5 Å². The zero-order valence-electron chi connectivity index (χ0n) is 9.77. The van der Waals surface area contributed by atoms with Gasteiger partial charge in [0, 0.05) is 19.2 Å². The molecule has 0 saturated heterocycles. The summed E-state index contributed by atoms with van der Waals surface area (Å²) in [6, 6.07) is 1.76. The SMILES string of the molecule is CC(C)NC(=O)CN(C)c1cc(N)ncn1. The van der Waals surface area contributed by atoms with Crippen LogP contribution < -0.4 is 16.0 Å². The van der Waals surface area contributed by atoms with E-state index in [-0.39, 0.29) is 18.5 Å². The summed E-state index contributed by atoms with van der Waals surface area (Å²) in [7, 11) is 1.78. The van der Waals surface area contributed by atoms with Crippen molar-refractivity contribution in [1.82, 2.24) is 15.3 Å². The highest BCUT2D eigenvalue weighted by molar-refractivity contribution is 5.81. The van der Waals surface area contributed by atoms with Crippen LogP contribution in [0.3, 0.4) is 0 Å². The maximum Gasteiger partial charge on any atom is 0.239 e. The summed E-state index contributed by atoms with van der Waals surface area (Å²) < 4.78 is 0. The van der Waals surface area contributed by atoms with E-state index in [9.17, 15) is 4.79 Å². The largest absolute Gasteiger partial charge is 0.384 e. The second kappa shape index (κ2) is 5.29. The number of likely N-dealkylation sites (N-methyl/N-ethyl adjacent to an activating group) is 1. The minimum atomic E-state index is -0.0466. The number of nitrogens with one attached hydrogen (secondary N) is 1. The van der Waals surface area contributed by atoms with Crippen LogP contribution in [0.25, 0.3) is 0 Å². The maximum absolute atomic E-state index is 11.5. The molecule has 1 amide bonds. The molecule has 0 saturated carbocycles. The Morgan fingerprint density at radius 2 is 2.25 bits per heavy atom. The summed E-state index contributed by atoms with van der Waals surface area (Å²) in [5.74, 6) is 0.974. The number of anilines is 2. The summed E-state index contributed by atoms with van der Waals surface area (Å²) in [6.45, 7) is 4.08. The quantitative estimate of drug-likeness (QED) is 0.751. The van der Waals surface area contributed by atoms with E-state index in [0.717, 1.165) is 0 Å². The molecule has 0 radical (unpaired) electrons. The van der Waals surface area contributed by atoms with Crippen molar-refractivity contribution in [3.63, 3.8) is 0 Å². The fraction of sp³-hybridized carbons (Fsp3) is 0.500. The smallest absolute Gasteiger partial charge is 0.239 e. The third-order valence-electron chi connectivity index (χ3n) is 1.90. The molecular weight excluding hydrogens is 206 g/mol. The molecule has 0 bridgehead atoms. The maximum atomic E-state index is 11.5. The van der Waals surface area contributed by atoms with E-state index >= 15 is 0 Å². The van der Waals surface area contributed by atoms with Crippen LogP contribution in [-0.4, -0.2) is 35.5 Å². The van der Waals surface area contributed by atoms with Gasteiger partial charge < -0.3 is 16.0 Å². The Kier molecular flexibility index (Phi) is 4.04. The molecule has 0 aliphatic heterocycles. The number of carbonyl (C=O) groups excluding carboxylic acids is 1. The lowest BCUT2D eigenvalue weighted by Crippen LogP contribution is -2.38. The molecule has 1 aromatic heterocycles. The lowest BCUT2D eigenvalue weighted by Gasteiger charge is -2.18. The number of nitrogens with two attached hydrogens (primary N) is 1. The van der Waals surface area contributed by atoms with Crippen LogP contribution in [0.15, 0.2) is 12.4 Å². The molecule has 16 heavy (non-hydrogen) atoms. The van der Waals surface area contributed by atoms with E-state index in [1.165, 1.54) is 6.33 Å². The van der Waals surface area contributed by atoms with Crippen molar-refractivity contribution in [3.05, 3.63) is 12.4 Å². The van der Waals surface area contributed by atoms with Crippen LogP contribution >= 0.6 is 0 Å². The Labute approximate surface area is 94.9 Å². The van der Waals surface area contributed by atoms with Gasteiger partial charge in [-0.1, -0.05) is 0 Å². The Morgan fingerprint density at radius 3 is 2.81 bits per heavy atom. The summed E-state index contributed by atoms with van der Waals surface area (Å²) in [5.41, 5.74) is 5.53. The van der Waals surface area contributed by atoms with Gasteiger partial charge in [0.1, 0.15) is 18.0 Å². The monoisotopic (exact) mass is 223 g/mol. The van der Waals surface area contributed by atoms with Gasteiger partial charge >= 0.3 is 0 Å². The molecule has 3 N–H and O–H groups in total. The van der Waals surface area contributed by atoms with Gasteiger partial charge in [0.2, 0.25) is 5.91 Å². The summed E-state index contributed by atoms with van der Waals surface area (Å²) in [6.07, 6.45) is 1.38. The second-order valence-corrected chi connectivity index (χ2v) is 3.88. The Morgan fingerprint density at radius 1 is 1.56 bits per heavy atom. The molecule has 0 fully saturated rings. The number of hydrogen-bond donors (Lipinski definition) is 2. The molecular formula is C10H17N5O. The minimum absolute atomic E-state index is 0.0466. The third-order valence-corrected chi connectivity index (χ3v) is 1.90. The van der Waals surface area contributed by atoms with E-state index in [4.69, 9.17) is 5.73 Å². The van der Waals surface area contributed by atoms with E-state index < -0.39 is 0 Å². The van der Waals surface area contributed by atoms with Crippen LogP contribution in [0.1, 0.15) is 13.8 Å². The topological polar surface area (TPSA) is 84.1 Å². The second-order valence-electron chi connectivity index (χ2n) is 3.88. The van der Waals surface area contributed by atoms with Crippen molar-refractivity contribution < 1.29 is 4.79 Å². The molecule has 0 spiro atoms. The van der Waals surface area contributed by atoms with Gasteiger partial charge in [-0.25, -0.2) is 9.97 Å². The first-order valence-electron chi connectivity index (χ1n) is 5.07. The molecule has 1 rings (SSSR count). The van der Waals surface area contributed by atoms with Gasteiger partial charge in [0.15, 0.2) is 0 Å². The zero-order chi connectivity index (χ0) is 12.1. The number of aromatic nitrogens is 2. The molecule has 6 heteroatoms. The lowest BCUT2D eigenvalue weighted by atomic mass is 10.4. The van der Waals surface area contributed by atoms with E-state index in [0.29, 0.717) is 11.6 Å². The average molecular weight is 223 g/mol. The molecule has 0 atom stereocenters. The highest BCUT2D eigenvalue weighted by Crippen LogP contribution is 2.09. The first-order valence-corrected chi connectivity index (χ1v) is 5.07. The highest BCUT2D eigenvalue weighted by atomic mass is 16.2. The molecule has 88 valence electrons. The molecule has 0 aliphatic rings. The van der Waals surface area contributed by atoms with Gasteiger partial charge in [-0.15, -0.1) is 0 Å². The Hall–Kier alpha value is -1.85. The zero-order valence-corrected chi connectivity index (χ0v) is 9.77. The Balaban J connectivity index is 2.58. The van der Waals surface area contributed by atoms with Gasteiger partial charge in [-0.05, 0) is 13.8 Å². The van der Waals surface area contributed by atoms with E-state index in [1.807, 2.05) is 13.8 Å². The standard InChI is InChI=1S/C10H17N5O/c1-7(2)14-10(16)5-15(3)9-4-8(11)12-6-13-9/h4,6-7H,5H2,1-3H3,(H,14,16)(H2,11,12,13). The normalized spacial score (nSPS) is 10.2. The van der Waals surface area contributed by atoms with Crippen molar-refractivity contribution in [2.45, 2.75) is 19.9 Å². The van der Waals surface area contributed by atoms with Crippen LogP contribution in [0, 0.1) is 0 Å². The number of amides is 1. The molecule has 1 aromatic rings. The van der Waals surface area contributed by atoms with Gasteiger partial charge in [-0.3, -0.25) is 4.79 Å². The third kappa shape index (κ3) is 3.72. The highest BCUT2D eigenvalue weighted by Gasteiger charge is 2.09. The van der Waals surface area contributed by atoms with Crippen molar-refractivity contribution in [2.75, 3.05) is 24.2 Å². The number of nitrogens with zero attached hydrogens (tertiary/aromatic N) is 3. The van der Waals surface area contributed by atoms with Gasteiger partial charge in [0.05, 0.1) is 6.54 Å².